The molecule has 4 nitrogen and oxygen atoms in total. The van der Waals surface area contributed by atoms with Crippen molar-refractivity contribution in [1.29, 1.82) is 0 Å². The number of piperazine rings is 1. The lowest BCUT2D eigenvalue weighted by Gasteiger charge is -2.11. The summed E-state index contributed by atoms with van der Waals surface area (Å²) in [6, 6.07) is 5.97. The molecule has 0 bridgehead atoms. The Morgan fingerprint density at radius 1 is 0.889 bits per heavy atom. The van der Waals surface area contributed by atoms with Crippen LogP contribution in [-0.2, 0) is 6.42 Å². The number of nitrogens with one attached hydrogen (secondary N) is 2. The summed E-state index contributed by atoms with van der Waals surface area (Å²) in [5, 5.41) is 6.44. The molecule has 2 aliphatic rings. The number of hydrogen-bond acceptors (Lipinski definition) is 4. The van der Waals surface area contributed by atoms with Gasteiger partial charge in [0.2, 0.25) is 0 Å². The summed E-state index contributed by atoms with van der Waals surface area (Å²) in [5.74, 6) is 1.59. The van der Waals surface area contributed by atoms with Gasteiger partial charge in [-0.15, -0.1) is 0 Å². The highest BCUT2D eigenvalue weighted by Gasteiger charge is 2.02. The van der Waals surface area contributed by atoms with Crippen molar-refractivity contribution in [3.05, 3.63) is 47.6 Å². The number of ether oxygens (including phenoxy) is 2. The molecule has 0 radical (unpaired) electrons. The van der Waals surface area contributed by atoms with Crippen molar-refractivity contribution in [3.8, 4) is 11.5 Å². The van der Waals surface area contributed by atoms with Crippen molar-refractivity contribution in [2.75, 3.05) is 40.4 Å². The third kappa shape index (κ3) is 10.2. The number of rotatable bonds is 5. The lowest BCUT2D eigenvalue weighted by molar-refractivity contribution is 0.354. The third-order valence-corrected chi connectivity index (χ3v) is 4.42. The lowest BCUT2D eigenvalue weighted by Crippen LogP contribution is -2.39. The molecule has 0 unspecified atom stereocenters. The van der Waals surface area contributed by atoms with Crippen LogP contribution in [0.5, 0.6) is 11.5 Å². The Labute approximate surface area is 166 Å². The average Bonchev–Trinajstić information content (AvgIpc) is 2.76. The van der Waals surface area contributed by atoms with Gasteiger partial charge >= 0.3 is 0 Å². The van der Waals surface area contributed by atoms with Crippen molar-refractivity contribution < 1.29 is 9.47 Å². The zero-order valence-corrected chi connectivity index (χ0v) is 17.6. The van der Waals surface area contributed by atoms with Crippen molar-refractivity contribution in [1.82, 2.24) is 10.6 Å². The zero-order valence-electron chi connectivity index (χ0n) is 17.6. The first-order valence-corrected chi connectivity index (χ1v) is 10.2. The summed E-state index contributed by atoms with van der Waals surface area (Å²) < 4.78 is 10.3. The van der Waals surface area contributed by atoms with Gasteiger partial charge in [0.15, 0.2) is 11.5 Å². The van der Waals surface area contributed by atoms with Crippen molar-refractivity contribution >= 4 is 0 Å². The van der Waals surface area contributed by atoms with E-state index in [0.29, 0.717) is 0 Å². The van der Waals surface area contributed by atoms with Gasteiger partial charge in [-0.25, -0.2) is 0 Å². The van der Waals surface area contributed by atoms with Gasteiger partial charge in [-0.1, -0.05) is 50.1 Å². The van der Waals surface area contributed by atoms with E-state index in [-0.39, 0.29) is 0 Å². The second-order valence-electron chi connectivity index (χ2n) is 6.55. The van der Waals surface area contributed by atoms with Gasteiger partial charge in [-0.2, -0.15) is 0 Å². The molecule has 0 amide bonds. The minimum atomic E-state index is 0.787. The molecule has 0 spiro atoms. The van der Waals surface area contributed by atoms with Gasteiger partial charge in [0, 0.05) is 26.2 Å². The summed E-state index contributed by atoms with van der Waals surface area (Å²) in [6.07, 6.45) is 12.9. The molecular formula is C23H38N2O2. The van der Waals surface area contributed by atoms with E-state index in [1.165, 1.54) is 36.8 Å². The van der Waals surface area contributed by atoms with Gasteiger partial charge in [-0.05, 0) is 43.4 Å². The van der Waals surface area contributed by atoms with Crippen molar-refractivity contribution in [2.45, 2.75) is 46.0 Å². The molecule has 1 aliphatic carbocycles. The van der Waals surface area contributed by atoms with Gasteiger partial charge in [0.05, 0.1) is 14.2 Å². The Hall–Kier alpha value is -1.78. The van der Waals surface area contributed by atoms with Crippen LogP contribution in [0.2, 0.25) is 0 Å². The molecule has 4 heteroatoms. The Kier molecular flexibility index (Phi) is 13.2. The fourth-order valence-corrected chi connectivity index (χ4v) is 2.85. The van der Waals surface area contributed by atoms with Crippen LogP contribution < -0.4 is 20.1 Å². The van der Waals surface area contributed by atoms with E-state index >= 15 is 0 Å². The van der Waals surface area contributed by atoms with Crippen LogP contribution in [0.4, 0.5) is 0 Å². The number of methoxy groups -OCH3 is 2. The highest BCUT2D eigenvalue weighted by Crippen LogP contribution is 2.27. The van der Waals surface area contributed by atoms with Gasteiger partial charge in [-0.3, -0.25) is 0 Å². The second-order valence-corrected chi connectivity index (χ2v) is 6.55. The van der Waals surface area contributed by atoms with Crippen LogP contribution >= 0.6 is 0 Å². The molecule has 1 aliphatic heterocycles. The molecule has 0 saturated carbocycles. The molecule has 3 rings (SSSR count). The number of aryl methyl sites for hydroxylation is 1. The molecule has 1 fully saturated rings. The standard InChI is InChI=1S/C10H14O2.C9H14.C4H10N2/c1-4-8-5-6-9(11-2)10(7-8)12-3;1-2-6-9-7-4-3-5-8-9;1-2-6-4-3-5-1/h5-7H,4H2,1-3H3;4,7-8H,2-3,5-6H2,1H3;5-6H,1-4H2. The van der Waals surface area contributed by atoms with E-state index in [0.717, 1.165) is 44.1 Å². The monoisotopic (exact) mass is 374 g/mol. The maximum Gasteiger partial charge on any atom is 0.160 e. The molecule has 0 atom stereocenters. The highest BCUT2D eigenvalue weighted by atomic mass is 16.5. The smallest absolute Gasteiger partial charge is 0.160 e. The minimum absolute atomic E-state index is 0.787. The molecule has 1 heterocycles. The number of allylic oxidation sites excluding steroid dienone is 4. The quantitative estimate of drug-likeness (QED) is 0.796. The van der Waals surface area contributed by atoms with Crippen molar-refractivity contribution in [3.63, 3.8) is 0 Å². The number of hydrogen-bond donors (Lipinski definition) is 2. The van der Waals surface area contributed by atoms with Gasteiger partial charge in [0.1, 0.15) is 0 Å². The van der Waals surface area contributed by atoms with Crippen molar-refractivity contribution in [2.24, 2.45) is 0 Å². The first kappa shape index (κ1) is 23.3. The van der Waals surface area contributed by atoms with Gasteiger partial charge < -0.3 is 20.1 Å². The molecule has 1 aromatic carbocycles. The van der Waals surface area contributed by atoms with E-state index in [1.54, 1.807) is 14.2 Å². The van der Waals surface area contributed by atoms with Crippen LogP contribution in [0, 0.1) is 0 Å². The van der Waals surface area contributed by atoms with Crippen LogP contribution in [0.3, 0.4) is 0 Å². The molecule has 1 aromatic rings. The first-order chi connectivity index (χ1) is 13.2. The second kappa shape index (κ2) is 15.3. The molecule has 152 valence electrons. The van der Waals surface area contributed by atoms with E-state index in [2.05, 4.69) is 42.7 Å². The largest absolute Gasteiger partial charge is 0.493 e. The fourth-order valence-electron chi connectivity index (χ4n) is 2.85. The number of benzene rings is 1. The normalized spacial score (nSPS) is 15.5. The Balaban J connectivity index is 0.000000214. The highest BCUT2D eigenvalue weighted by molar-refractivity contribution is 5.42. The topological polar surface area (TPSA) is 42.5 Å². The molecular weight excluding hydrogens is 336 g/mol. The van der Waals surface area contributed by atoms with E-state index < -0.39 is 0 Å². The molecule has 0 aromatic heterocycles. The first-order valence-electron chi connectivity index (χ1n) is 10.2. The van der Waals surface area contributed by atoms with E-state index in [9.17, 15) is 0 Å². The maximum atomic E-state index is 5.15. The lowest BCUT2D eigenvalue weighted by atomic mass is 10.0. The minimum Gasteiger partial charge on any atom is -0.493 e. The predicted molar refractivity (Wildman–Crippen MR) is 116 cm³/mol. The zero-order chi connectivity index (χ0) is 19.7. The SMILES string of the molecule is C1CNCCN1.CCCC1=CCCC=C1.CCc1ccc(OC)c(OC)c1. The summed E-state index contributed by atoms with van der Waals surface area (Å²) in [5.41, 5.74) is 2.79. The summed E-state index contributed by atoms with van der Waals surface area (Å²) in [7, 11) is 3.29. The predicted octanol–water partition coefficient (Wildman–Crippen LogP) is 4.51. The van der Waals surface area contributed by atoms with Crippen LogP contribution in [0.1, 0.15) is 45.1 Å². The van der Waals surface area contributed by atoms with Crippen LogP contribution in [0.15, 0.2) is 42.0 Å². The Bertz CT molecular complexity index is 552. The maximum absolute atomic E-state index is 5.15. The average molecular weight is 375 g/mol. The van der Waals surface area contributed by atoms with Crippen LogP contribution in [0.25, 0.3) is 0 Å². The Morgan fingerprint density at radius 3 is 2.00 bits per heavy atom. The van der Waals surface area contributed by atoms with Gasteiger partial charge in [0.25, 0.3) is 0 Å². The molecule has 1 saturated heterocycles. The van der Waals surface area contributed by atoms with E-state index in [1.807, 2.05) is 18.2 Å². The van der Waals surface area contributed by atoms with Crippen LogP contribution in [-0.4, -0.2) is 40.4 Å². The fraction of sp³-hybridized carbons (Fsp3) is 0.565. The summed E-state index contributed by atoms with van der Waals surface area (Å²) in [6.45, 7) is 8.89. The molecule has 27 heavy (non-hydrogen) atoms. The summed E-state index contributed by atoms with van der Waals surface area (Å²) in [4.78, 5) is 0. The molecule has 2 N–H and O–H groups in total. The third-order valence-electron chi connectivity index (χ3n) is 4.42. The van der Waals surface area contributed by atoms with E-state index in [4.69, 9.17) is 9.47 Å². The summed E-state index contributed by atoms with van der Waals surface area (Å²) >= 11 is 0. The Morgan fingerprint density at radius 2 is 1.56 bits per heavy atom.